The number of hydrogen-bond acceptors (Lipinski definition) is 3. The van der Waals surface area contributed by atoms with Crippen molar-refractivity contribution < 1.29 is 18.3 Å². The van der Waals surface area contributed by atoms with Crippen LogP contribution >= 0.6 is 0 Å². The molecular weight excluding hydrogens is 285 g/mol. The molecule has 0 radical (unpaired) electrons. The zero-order valence-electron chi connectivity index (χ0n) is 12.2. The standard InChI is InChI=1S/C17H18FNO3/c18-15-7-2-1-5-13(15)11-19(12-14-6-3-9-21-14)17(20)16-8-4-10-22-16/h1-2,4-5,7-8,10,14H,3,6,9,11-12H2/t14-/m0/s1. The van der Waals surface area contributed by atoms with Gasteiger partial charge < -0.3 is 14.1 Å². The highest BCUT2D eigenvalue weighted by Gasteiger charge is 2.25. The lowest BCUT2D eigenvalue weighted by molar-refractivity contribution is 0.0481. The van der Waals surface area contributed by atoms with E-state index in [4.69, 9.17) is 9.15 Å². The average Bonchev–Trinajstić information content (AvgIpc) is 3.21. The maximum atomic E-state index is 13.9. The third-order valence-corrected chi connectivity index (χ3v) is 3.79. The van der Waals surface area contributed by atoms with Gasteiger partial charge in [0.25, 0.3) is 5.91 Å². The van der Waals surface area contributed by atoms with Gasteiger partial charge in [0.15, 0.2) is 5.76 Å². The number of carbonyl (C=O) groups excluding carboxylic acids is 1. The molecule has 1 aliphatic rings. The van der Waals surface area contributed by atoms with E-state index < -0.39 is 0 Å². The first-order chi connectivity index (χ1) is 10.7. The van der Waals surface area contributed by atoms with Crippen LogP contribution in [-0.2, 0) is 11.3 Å². The van der Waals surface area contributed by atoms with Crippen LogP contribution in [0, 0.1) is 5.82 Å². The number of benzene rings is 1. The summed E-state index contributed by atoms with van der Waals surface area (Å²) in [6.45, 7) is 1.35. The van der Waals surface area contributed by atoms with Crippen molar-refractivity contribution in [2.75, 3.05) is 13.2 Å². The Hall–Kier alpha value is -2.14. The van der Waals surface area contributed by atoms with Gasteiger partial charge in [-0.25, -0.2) is 4.39 Å². The smallest absolute Gasteiger partial charge is 0.289 e. The van der Waals surface area contributed by atoms with Crippen LogP contribution in [0.1, 0.15) is 29.0 Å². The number of ether oxygens (including phenoxy) is 1. The number of nitrogens with zero attached hydrogens (tertiary/aromatic N) is 1. The Bertz CT molecular complexity index is 621. The predicted octanol–water partition coefficient (Wildman–Crippen LogP) is 3.24. The quantitative estimate of drug-likeness (QED) is 0.851. The maximum absolute atomic E-state index is 13.9. The minimum Gasteiger partial charge on any atom is -0.459 e. The summed E-state index contributed by atoms with van der Waals surface area (Å²) in [5.41, 5.74) is 0.486. The molecule has 0 unspecified atom stereocenters. The van der Waals surface area contributed by atoms with E-state index in [-0.39, 0.29) is 30.1 Å². The molecule has 116 valence electrons. The van der Waals surface area contributed by atoms with Gasteiger partial charge in [-0.15, -0.1) is 0 Å². The van der Waals surface area contributed by atoms with E-state index in [0.29, 0.717) is 18.7 Å². The van der Waals surface area contributed by atoms with E-state index in [2.05, 4.69) is 0 Å². The van der Waals surface area contributed by atoms with Crippen molar-refractivity contribution >= 4 is 5.91 Å². The normalized spacial score (nSPS) is 17.6. The van der Waals surface area contributed by atoms with E-state index in [0.717, 1.165) is 12.8 Å². The van der Waals surface area contributed by atoms with Gasteiger partial charge in [0.2, 0.25) is 0 Å². The molecule has 1 aromatic heterocycles. The summed E-state index contributed by atoms with van der Waals surface area (Å²) in [7, 11) is 0. The molecule has 0 spiro atoms. The van der Waals surface area contributed by atoms with Crippen molar-refractivity contribution in [3.8, 4) is 0 Å². The lowest BCUT2D eigenvalue weighted by Gasteiger charge is -2.25. The molecule has 5 heteroatoms. The fraction of sp³-hybridized carbons (Fsp3) is 0.353. The van der Waals surface area contributed by atoms with Gasteiger partial charge >= 0.3 is 0 Å². The first-order valence-corrected chi connectivity index (χ1v) is 7.42. The summed E-state index contributed by atoms with van der Waals surface area (Å²) in [5.74, 6) is -0.301. The molecule has 1 amide bonds. The van der Waals surface area contributed by atoms with Crippen LogP contribution < -0.4 is 0 Å². The molecule has 0 N–H and O–H groups in total. The van der Waals surface area contributed by atoms with Crippen LogP contribution in [0.3, 0.4) is 0 Å². The Balaban J connectivity index is 1.79. The van der Waals surface area contributed by atoms with Crippen LogP contribution in [0.4, 0.5) is 4.39 Å². The second-order valence-corrected chi connectivity index (χ2v) is 5.39. The number of hydrogen-bond donors (Lipinski definition) is 0. The Labute approximate surface area is 128 Å². The molecule has 0 aliphatic carbocycles. The van der Waals surface area contributed by atoms with Crippen LogP contribution in [0.5, 0.6) is 0 Å². The van der Waals surface area contributed by atoms with E-state index in [1.807, 2.05) is 0 Å². The van der Waals surface area contributed by atoms with Gasteiger partial charge in [-0.3, -0.25) is 4.79 Å². The molecule has 1 saturated heterocycles. The van der Waals surface area contributed by atoms with Crippen LogP contribution in [0.15, 0.2) is 47.1 Å². The van der Waals surface area contributed by atoms with Gasteiger partial charge in [-0.2, -0.15) is 0 Å². The molecule has 1 aliphatic heterocycles. The fourth-order valence-corrected chi connectivity index (χ4v) is 2.64. The lowest BCUT2D eigenvalue weighted by Crippen LogP contribution is -2.37. The van der Waals surface area contributed by atoms with E-state index in [9.17, 15) is 9.18 Å². The molecule has 1 fully saturated rings. The van der Waals surface area contributed by atoms with Crippen LogP contribution in [0.25, 0.3) is 0 Å². The van der Waals surface area contributed by atoms with Gasteiger partial charge in [0.1, 0.15) is 5.82 Å². The second-order valence-electron chi connectivity index (χ2n) is 5.39. The van der Waals surface area contributed by atoms with Crippen molar-refractivity contribution in [3.63, 3.8) is 0 Å². The lowest BCUT2D eigenvalue weighted by atomic mass is 10.1. The summed E-state index contributed by atoms with van der Waals surface area (Å²) in [4.78, 5) is 14.2. The van der Waals surface area contributed by atoms with Gasteiger partial charge in [-0.05, 0) is 31.0 Å². The molecule has 2 aromatic rings. The molecule has 2 heterocycles. The predicted molar refractivity (Wildman–Crippen MR) is 78.8 cm³/mol. The second kappa shape index (κ2) is 6.75. The molecule has 1 aromatic carbocycles. The average molecular weight is 303 g/mol. The van der Waals surface area contributed by atoms with Gasteiger partial charge in [0.05, 0.1) is 12.4 Å². The number of halogens is 1. The monoisotopic (exact) mass is 303 g/mol. The third-order valence-electron chi connectivity index (χ3n) is 3.79. The first-order valence-electron chi connectivity index (χ1n) is 7.42. The number of carbonyl (C=O) groups is 1. The largest absolute Gasteiger partial charge is 0.459 e. The summed E-state index contributed by atoms with van der Waals surface area (Å²) in [6, 6.07) is 9.77. The first kappa shape index (κ1) is 14.8. The topological polar surface area (TPSA) is 42.7 Å². The van der Waals surface area contributed by atoms with E-state index >= 15 is 0 Å². The minimum atomic E-state index is -0.313. The highest BCUT2D eigenvalue weighted by atomic mass is 19.1. The molecule has 1 atom stereocenters. The fourth-order valence-electron chi connectivity index (χ4n) is 2.64. The minimum absolute atomic E-state index is 0.00526. The molecule has 0 saturated carbocycles. The van der Waals surface area contributed by atoms with E-state index in [1.165, 1.54) is 12.3 Å². The summed E-state index contributed by atoms with van der Waals surface area (Å²) in [5, 5.41) is 0. The molecule has 4 nitrogen and oxygen atoms in total. The molecule has 3 rings (SSSR count). The van der Waals surface area contributed by atoms with Crippen molar-refractivity contribution in [1.29, 1.82) is 0 Å². The molecular formula is C17H18FNO3. The Morgan fingerprint density at radius 3 is 2.82 bits per heavy atom. The summed E-state index contributed by atoms with van der Waals surface area (Å²) < 4.78 is 24.7. The zero-order chi connectivity index (χ0) is 15.4. The number of amides is 1. The van der Waals surface area contributed by atoms with Crippen molar-refractivity contribution in [3.05, 3.63) is 59.8 Å². The van der Waals surface area contributed by atoms with Gasteiger partial charge in [0, 0.05) is 25.3 Å². The Kier molecular flexibility index (Phi) is 4.53. The SMILES string of the molecule is O=C(c1ccco1)N(Cc1ccccc1F)C[C@@H]1CCCO1. The third kappa shape index (κ3) is 3.36. The van der Waals surface area contributed by atoms with Crippen LogP contribution in [-0.4, -0.2) is 30.1 Å². The van der Waals surface area contributed by atoms with Crippen molar-refractivity contribution in [1.82, 2.24) is 4.90 Å². The maximum Gasteiger partial charge on any atom is 0.289 e. The molecule has 0 bridgehead atoms. The van der Waals surface area contributed by atoms with Crippen molar-refractivity contribution in [2.24, 2.45) is 0 Å². The Morgan fingerprint density at radius 1 is 1.27 bits per heavy atom. The molecule has 22 heavy (non-hydrogen) atoms. The summed E-state index contributed by atoms with van der Waals surface area (Å²) >= 11 is 0. The van der Waals surface area contributed by atoms with E-state index in [1.54, 1.807) is 35.2 Å². The summed E-state index contributed by atoms with van der Waals surface area (Å²) in [6.07, 6.45) is 3.37. The van der Waals surface area contributed by atoms with Gasteiger partial charge in [-0.1, -0.05) is 18.2 Å². The Morgan fingerprint density at radius 2 is 2.14 bits per heavy atom. The number of furan rings is 1. The van der Waals surface area contributed by atoms with Crippen LogP contribution in [0.2, 0.25) is 0 Å². The van der Waals surface area contributed by atoms with Crippen molar-refractivity contribution in [2.45, 2.75) is 25.5 Å². The number of rotatable bonds is 5. The highest BCUT2D eigenvalue weighted by molar-refractivity contribution is 5.91. The zero-order valence-corrected chi connectivity index (χ0v) is 12.2. The highest BCUT2D eigenvalue weighted by Crippen LogP contribution is 2.18.